The summed E-state index contributed by atoms with van der Waals surface area (Å²) in [6, 6.07) is 15.6. The molecule has 0 aliphatic carbocycles. The smallest absolute Gasteiger partial charge is 0.338 e. The van der Waals surface area contributed by atoms with E-state index in [2.05, 4.69) is 11.4 Å². The molecule has 0 atom stereocenters. The predicted octanol–water partition coefficient (Wildman–Crippen LogP) is 3.81. The van der Waals surface area contributed by atoms with Crippen LogP contribution in [0.15, 0.2) is 53.4 Å². The van der Waals surface area contributed by atoms with Crippen molar-refractivity contribution in [2.45, 2.75) is 11.4 Å². The lowest BCUT2D eigenvalue weighted by Gasteiger charge is -2.12. The van der Waals surface area contributed by atoms with E-state index in [0.717, 1.165) is 11.3 Å². The van der Waals surface area contributed by atoms with Gasteiger partial charge >= 0.3 is 5.97 Å². The number of nitrogens with one attached hydrogen (secondary N) is 1. The summed E-state index contributed by atoms with van der Waals surface area (Å²) < 4.78 is 4.80. The normalized spacial score (nSPS) is 10.1. The summed E-state index contributed by atoms with van der Waals surface area (Å²) in [4.78, 5) is 12.9. The molecule has 1 N–H and O–H groups in total. The number of carbonyl (C=O) groups is 1. The zero-order valence-electron chi connectivity index (χ0n) is 11.6. The zero-order valence-corrected chi connectivity index (χ0v) is 12.4. The van der Waals surface area contributed by atoms with Gasteiger partial charge in [0.25, 0.3) is 0 Å². The number of para-hydroxylation sites is 1. The van der Waals surface area contributed by atoms with Crippen LogP contribution in [0.1, 0.15) is 15.9 Å². The number of methoxy groups -OCH3 is 1. The number of thioether (sulfide) groups is 1. The van der Waals surface area contributed by atoms with Gasteiger partial charge in [0.15, 0.2) is 0 Å². The lowest BCUT2D eigenvalue weighted by Crippen LogP contribution is -2.09. The number of hydrogen-bond donors (Lipinski definition) is 1. The highest BCUT2D eigenvalue weighted by Crippen LogP contribution is 2.25. The second kappa shape index (κ2) is 7.01. The van der Waals surface area contributed by atoms with Crippen LogP contribution in [0.4, 0.5) is 5.69 Å². The summed E-state index contributed by atoms with van der Waals surface area (Å²) in [5, 5.41) is 3.37. The van der Waals surface area contributed by atoms with Gasteiger partial charge in [-0.05, 0) is 30.0 Å². The Bertz CT molecular complexity index is 599. The molecule has 2 aromatic carbocycles. The highest BCUT2D eigenvalue weighted by atomic mass is 32.2. The van der Waals surface area contributed by atoms with Crippen LogP contribution in [0.5, 0.6) is 0 Å². The standard InChI is InChI=1S/C16H17NO2S/c1-19-16(18)13-8-4-3-7-12(13)11-17-14-9-5-6-10-15(14)20-2/h3-10,17H,11H2,1-2H3. The van der Waals surface area contributed by atoms with E-state index in [-0.39, 0.29) is 5.97 Å². The van der Waals surface area contributed by atoms with Crippen LogP contribution < -0.4 is 5.32 Å². The van der Waals surface area contributed by atoms with Gasteiger partial charge in [-0.25, -0.2) is 4.79 Å². The van der Waals surface area contributed by atoms with Crippen molar-refractivity contribution < 1.29 is 9.53 Å². The third-order valence-corrected chi connectivity index (χ3v) is 3.79. The van der Waals surface area contributed by atoms with E-state index in [9.17, 15) is 4.79 Å². The molecule has 0 aliphatic heterocycles. The highest BCUT2D eigenvalue weighted by Gasteiger charge is 2.10. The van der Waals surface area contributed by atoms with Crippen molar-refractivity contribution in [3.8, 4) is 0 Å². The van der Waals surface area contributed by atoms with Gasteiger partial charge in [0, 0.05) is 17.1 Å². The molecule has 0 saturated heterocycles. The molecule has 0 fully saturated rings. The van der Waals surface area contributed by atoms with Crippen molar-refractivity contribution in [1.29, 1.82) is 0 Å². The molecule has 0 radical (unpaired) electrons. The molecule has 4 heteroatoms. The molecule has 0 amide bonds. The fourth-order valence-electron chi connectivity index (χ4n) is 1.96. The Kier molecular flexibility index (Phi) is 5.07. The van der Waals surface area contributed by atoms with E-state index in [1.807, 2.05) is 42.7 Å². The SMILES string of the molecule is COC(=O)c1ccccc1CNc1ccccc1SC. The number of rotatable bonds is 5. The third kappa shape index (κ3) is 3.33. The molecule has 0 unspecified atom stereocenters. The molecule has 0 aromatic heterocycles. The first-order valence-corrected chi connectivity index (χ1v) is 7.52. The van der Waals surface area contributed by atoms with Gasteiger partial charge in [0.2, 0.25) is 0 Å². The Morgan fingerprint density at radius 1 is 1.15 bits per heavy atom. The topological polar surface area (TPSA) is 38.3 Å². The maximum absolute atomic E-state index is 11.7. The van der Waals surface area contributed by atoms with Gasteiger partial charge in [-0.3, -0.25) is 0 Å². The lowest BCUT2D eigenvalue weighted by molar-refractivity contribution is 0.0599. The number of carbonyl (C=O) groups excluding carboxylic acids is 1. The van der Waals surface area contributed by atoms with Gasteiger partial charge in [0.1, 0.15) is 0 Å². The van der Waals surface area contributed by atoms with Crippen LogP contribution in [0.25, 0.3) is 0 Å². The van der Waals surface area contributed by atoms with Gasteiger partial charge in [-0.15, -0.1) is 11.8 Å². The number of benzene rings is 2. The summed E-state index contributed by atoms with van der Waals surface area (Å²) >= 11 is 1.69. The van der Waals surface area contributed by atoms with Crippen LogP contribution in [-0.4, -0.2) is 19.3 Å². The van der Waals surface area contributed by atoms with Crippen molar-refractivity contribution in [2.75, 3.05) is 18.7 Å². The first kappa shape index (κ1) is 14.5. The van der Waals surface area contributed by atoms with E-state index in [4.69, 9.17) is 4.74 Å². The summed E-state index contributed by atoms with van der Waals surface area (Å²) in [6.07, 6.45) is 2.04. The third-order valence-electron chi connectivity index (χ3n) is 3.00. The lowest BCUT2D eigenvalue weighted by atomic mass is 10.1. The van der Waals surface area contributed by atoms with E-state index in [0.29, 0.717) is 12.1 Å². The Hall–Kier alpha value is -1.94. The van der Waals surface area contributed by atoms with Crippen molar-refractivity contribution in [2.24, 2.45) is 0 Å². The number of ether oxygens (including phenoxy) is 1. The summed E-state index contributed by atoms with van der Waals surface area (Å²) in [5.74, 6) is -0.305. The fourth-order valence-corrected chi connectivity index (χ4v) is 2.54. The summed E-state index contributed by atoms with van der Waals surface area (Å²) in [6.45, 7) is 0.586. The molecular formula is C16H17NO2S. The summed E-state index contributed by atoms with van der Waals surface area (Å²) in [5.41, 5.74) is 2.60. The average molecular weight is 287 g/mol. The van der Waals surface area contributed by atoms with Crippen LogP contribution in [-0.2, 0) is 11.3 Å². The Morgan fingerprint density at radius 2 is 1.85 bits per heavy atom. The van der Waals surface area contributed by atoms with Gasteiger partial charge < -0.3 is 10.1 Å². The Balaban J connectivity index is 2.17. The minimum absolute atomic E-state index is 0.305. The van der Waals surface area contributed by atoms with Crippen LogP contribution in [0.3, 0.4) is 0 Å². The van der Waals surface area contributed by atoms with Crippen LogP contribution in [0.2, 0.25) is 0 Å². The van der Waals surface area contributed by atoms with Crippen LogP contribution >= 0.6 is 11.8 Å². The van der Waals surface area contributed by atoms with Crippen molar-refractivity contribution in [1.82, 2.24) is 0 Å². The minimum atomic E-state index is -0.305. The maximum Gasteiger partial charge on any atom is 0.338 e. The molecule has 3 nitrogen and oxygen atoms in total. The average Bonchev–Trinajstić information content (AvgIpc) is 2.52. The number of esters is 1. The second-order valence-electron chi connectivity index (χ2n) is 4.20. The van der Waals surface area contributed by atoms with Gasteiger partial charge in [-0.2, -0.15) is 0 Å². The summed E-state index contributed by atoms with van der Waals surface area (Å²) in [7, 11) is 1.40. The highest BCUT2D eigenvalue weighted by molar-refractivity contribution is 7.98. The minimum Gasteiger partial charge on any atom is -0.465 e. The molecule has 0 saturated carbocycles. The van der Waals surface area contributed by atoms with Crippen molar-refractivity contribution >= 4 is 23.4 Å². The largest absolute Gasteiger partial charge is 0.465 e. The molecular weight excluding hydrogens is 270 g/mol. The molecule has 0 bridgehead atoms. The first-order valence-electron chi connectivity index (χ1n) is 6.29. The first-order chi connectivity index (χ1) is 9.76. The molecule has 2 rings (SSSR count). The fraction of sp³-hybridized carbons (Fsp3) is 0.188. The molecule has 104 valence electrons. The predicted molar refractivity (Wildman–Crippen MR) is 83.3 cm³/mol. The van der Waals surface area contributed by atoms with E-state index in [1.165, 1.54) is 12.0 Å². The van der Waals surface area contributed by atoms with E-state index < -0.39 is 0 Å². The zero-order chi connectivity index (χ0) is 14.4. The quantitative estimate of drug-likeness (QED) is 0.670. The van der Waals surface area contributed by atoms with E-state index in [1.54, 1.807) is 17.8 Å². The monoisotopic (exact) mass is 287 g/mol. The van der Waals surface area contributed by atoms with Gasteiger partial charge in [0.05, 0.1) is 12.7 Å². The molecule has 20 heavy (non-hydrogen) atoms. The Labute approximate surface area is 123 Å². The van der Waals surface area contributed by atoms with Gasteiger partial charge in [-0.1, -0.05) is 30.3 Å². The number of anilines is 1. The van der Waals surface area contributed by atoms with Crippen molar-refractivity contribution in [3.05, 3.63) is 59.7 Å². The van der Waals surface area contributed by atoms with E-state index >= 15 is 0 Å². The second-order valence-corrected chi connectivity index (χ2v) is 5.05. The maximum atomic E-state index is 11.7. The number of hydrogen-bond acceptors (Lipinski definition) is 4. The van der Waals surface area contributed by atoms with Crippen LogP contribution in [0, 0.1) is 0 Å². The molecule has 0 heterocycles. The van der Waals surface area contributed by atoms with Crippen molar-refractivity contribution in [3.63, 3.8) is 0 Å². The molecule has 0 spiro atoms. The molecule has 0 aliphatic rings. The Morgan fingerprint density at radius 3 is 2.60 bits per heavy atom. The molecule has 2 aromatic rings.